The first-order chi connectivity index (χ1) is 26.5. The maximum Gasteiger partial charge on any atom is 0.313 e. The number of fused-ring (bicyclic) bond motifs is 8. The van der Waals surface area contributed by atoms with Gasteiger partial charge >= 0.3 is 5.97 Å². The van der Waals surface area contributed by atoms with Crippen molar-refractivity contribution in [3.63, 3.8) is 0 Å². The predicted octanol–water partition coefficient (Wildman–Crippen LogP) is 9.42. The molecule has 3 N–H and O–H groups in total. The summed E-state index contributed by atoms with van der Waals surface area (Å²) in [7, 11) is 2.22. The molecular formula is C48H67N5O3. The molecule has 8 heteroatoms. The summed E-state index contributed by atoms with van der Waals surface area (Å²) < 4.78 is 13.0. The van der Waals surface area contributed by atoms with Crippen molar-refractivity contribution in [3.05, 3.63) is 76.4 Å². The van der Waals surface area contributed by atoms with Crippen molar-refractivity contribution in [2.75, 3.05) is 39.0 Å². The zero-order valence-corrected chi connectivity index (χ0v) is 35.5. The van der Waals surface area contributed by atoms with E-state index in [1.165, 1.54) is 35.2 Å². The molecular weight excluding hydrogens is 695 g/mol. The molecule has 4 fully saturated rings. The molecule has 3 aromatic rings. The number of furan rings is 1. The van der Waals surface area contributed by atoms with Crippen LogP contribution in [0.4, 0.5) is 5.82 Å². The lowest BCUT2D eigenvalue weighted by Crippen LogP contribution is -2.65. The van der Waals surface area contributed by atoms with Gasteiger partial charge in [-0.05, 0) is 121 Å². The molecule has 302 valence electrons. The molecule has 3 heterocycles. The molecule has 1 aliphatic heterocycles. The molecule has 56 heavy (non-hydrogen) atoms. The van der Waals surface area contributed by atoms with E-state index in [0.717, 1.165) is 89.0 Å². The number of nitrogens with one attached hydrogen (secondary N) is 1. The Kier molecular flexibility index (Phi) is 8.91. The van der Waals surface area contributed by atoms with Gasteiger partial charge in [0.2, 0.25) is 0 Å². The van der Waals surface area contributed by atoms with E-state index in [0.29, 0.717) is 24.3 Å². The maximum absolute atomic E-state index is 15.0. The van der Waals surface area contributed by atoms with E-state index in [4.69, 9.17) is 14.9 Å². The first-order valence-electron chi connectivity index (χ1n) is 21.8. The molecule has 6 aliphatic rings. The number of benzene rings is 1. The number of carbonyl (C=O) groups excluding carboxylic acids is 1. The fraction of sp³-hybridized carbons (Fsp3) is 0.667. The number of esters is 1. The van der Waals surface area contributed by atoms with Gasteiger partial charge in [-0.15, -0.1) is 0 Å². The van der Waals surface area contributed by atoms with Gasteiger partial charge in [0.25, 0.3) is 0 Å². The first-order valence-corrected chi connectivity index (χ1v) is 21.8. The predicted molar refractivity (Wildman–Crippen MR) is 222 cm³/mol. The number of aromatic amines is 1. The van der Waals surface area contributed by atoms with Crippen LogP contribution in [0.1, 0.15) is 128 Å². The lowest BCUT2D eigenvalue weighted by atomic mass is 9.32. The Morgan fingerprint density at radius 3 is 2.43 bits per heavy atom. The molecule has 2 aromatic heterocycles. The summed E-state index contributed by atoms with van der Waals surface area (Å²) in [5.41, 5.74) is 14.0. The van der Waals surface area contributed by atoms with Crippen molar-refractivity contribution < 1.29 is 13.9 Å². The van der Waals surface area contributed by atoms with Crippen LogP contribution < -0.4 is 5.73 Å². The Balaban J connectivity index is 1.21. The van der Waals surface area contributed by atoms with E-state index in [9.17, 15) is 4.79 Å². The number of allylic oxidation sites excluding steroid dienone is 2. The average molecular weight is 762 g/mol. The van der Waals surface area contributed by atoms with E-state index < -0.39 is 5.41 Å². The summed E-state index contributed by atoms with van der Waals surface area (Å²) in [5.74, 6) is 2.79. The molecule has 1 aromatic carbocycles. The highest BCUT2D eigenvalue weighted by atomic mass is 16.5. The Morgan fingerprint density at radius 1 is 0.946 bits per heavy atom. The number of hydrogen-bond acceptors (Lipinski definition) is 7. The largest absolute Gasteiger partial charge is 0.467 e. The summed E-state index contributed by atoms with van der Waals surface area (Å²) in [6, 6.07) is 12.5. The summed E-state index contributed by atoms with van der Waals surface area (Å²) >= 11 is 0. The lowest BCUT2D eigenvalue weighted by Gasteiger charge is -2.71. The highest BCUT2D eigenvalue weighted by Crippen LogP contribution is 2.77. The van der Waals surface area contributed by atoms with E-state index in [-0.39, 0.29) is 39.0 Å². The maximum atomic E-state index is 15.0. The van der Waals surface area contributed by atoms with Crippen LogP contribution in [-0.2, 0) is 34.5 Å². The third kappa shape index (κ3) is 5.57. The van der Waals surface area contributed by atoms with Gasteiger partial charge in [0.05, 0.1) is 18.2 Å². The SMILES string of the molecule is CN1CCN(Cc2occc2C2=C3[C@@H]4CC(C)(C)CC[C@]4(C(=O)OCc4ccccc4)CC[C@@]3(C)[C@]3(C)CC[C@H]4C(C)(C)c5[nH]nc(N)c5C[C@]4(C)C3C2)CC1. The minimum atomic E-state index is -0.539. The van der Waals surface area contributed by atoms with Gasteiger partial charge in [0.1, 0.15) is 18.2 Å². The molecule has 0 radical (unpaired) electrons. The average Bonchev–Trinajstić information content (AvgIpc) is 3.78. The topological polar surface area (TPSA) is 101 Å². The van der Waals surface area contributed by atoms with Crippen LogP contribution in [0.5, 0.6) is 0 Å². The number of nitrogens with zero attached hydrogens (tertiary/aromatic N) is 3. The minimum Gasteiger partial charge on any atom is -0.467 e. The van der Waals surface area contributed by atoms with E-state index in [1.54, 1.807) is 5.57 Å². The van der Waals surface area contributed by atoms with Crippen molar-refractivity contribution in [1.29, 1.82) is 0 Å². The number of nitrogens with two attached hydrogens (primary N) is 1. The van der Waals surface area contributed by atoms with E-state index >= 15 is 0 Å². The molecule has 0 bridgehead atoms. The van der Waals surface area contributed by atoms with Gasteiger partial charge in [0, 0.05) is 48.4 Å². The van der Waals surface area contributed by atoms with Gasteiger partial charge in [-0.3, -0.25) is 14.8 Å². The van der Waals surface area contributed by atoms with Crippen LogP contribution in [0.25, 0.3) is 5.57 Å². The van der Waals surface area contributed by atoms with E-state index in [2.05, 4.69) is 93.7 Å². The van der Waals surface area contributed by atoms with Crippen molar-refractivity contribution in [3.8, 4) is 0 Å². The van der Waals surface area contributed by atoms with Gasteiger partial charge < -0.3 is 19.8 Å². The standard InChI is InChI=1S/C48H67N5O3/c1-43(2)17-19-48(42(54)56-30-31-12-10-9-11-13-31)20-18-47(7)39(35(48)28-43)33(32-15-25-55-36(32)29-53-23-21-52(8)22-24-53)26-38-45(5)27-34-40(50-51-41(34)49)44(3,4)37(45)14-16-46(38,47)6/h9-13,15,25,35,37-38H,14,16-24,26-30H2,1-8H3,(H3,49,50,51)/t35-,37-,38?,45-,46+,47+,48-/m0/s1. The number of ether oxygens (including phenoxy) is 1. The minimum absolute atomic E-state index is 0.0115. The number of rotatable bonds is 6. The summed E-state index contributed by atoms with van der Waals surface area (Å²) in [5, 5.41) is 8.01. The van der Waals surface area contributed by atoms with Crippen LogP contribution in [0.15, 0.2) is 52.7 Å². The van der Waals surface area contributed by atoms with E-state index in [1.807, 2.05) is 24.5 Å². The zero-order chi connectivity index (χ0) is 39.5. The molecule has 9 rings (SSSR count). The van der Waals surface area contributed by atoms with Crippen molar-refractivity contribution in [2.24, 2.45) is 44.8 Å². The number of hydrogen-bond donors (Lipinski definition) is 2. The Morgan fingerprint density at radius 2 is 1.68 bits per heavy atom. The molecule has 3 saturated carbocycles. The van der Waals surface area contributed by atoms with Crippen LogP contribution in [0.3, 0.4) is 0 Å². The number of piperazine rings is 1. The fourth-order valence-electron chi connectivity index (χ4n) is 14.2. The number of aromatic nitrogens is 2. The van der Waals surface area contributed by atoms with Crippen molar-refractivity contribution in [1.82, 2.24) is 20.0 Å². The van der Waals surface area contributed by atoms with Gasteiger partial charge in [-0.1, -0.05) is 84.4 Å². The second-order valence-electron chi connectivity index (χ2n) is 21.3. The van der Waals surface area contributed by atoms with Gasteiger partial charge in [0.15, 0.2) is 0 Å². The second kappa shape index (κ2) is 13.1. The summed E-state index contributed by atoms with van der Waals surface area (Å²) in [4.78, 5) is 20.0. The number of carbonyl (C=O) groups is 1. The van der Waals surface area contributed by atoms with Gasteiger partial charge in [-0.25, -0.2) is 0 Å². The van der Waals surface area contributed by atoms with Crippen LogP contribution in [-0.4, -0.2) is 59.2 Å². The number of nitrogen functional groups attached to an aromatic ring is 1. The first kappa shape index (κ1) is 38.2. The van der Waals surface area contributed by atoms with Crippen LogP contribution in [0.2, 0.25) is 0 Å². The normalized spacial score (nSPS) is 36.5. The number of H-pyrrole nitrogens is 1. The molecule has 1 unspecified atom stereocenters. The molecule has 0 amide bonds. The monoisotopic (exact) mass is 762 g/mol. The number of anilines is 1. The molecule has 7 atom stereocenters. The zero-order valence-electron chi connectivity index (χ0n) is 35.5. The highest BCUT2D eigenvalue weighted by Gasteiger charge is 2.70. The highest BCUT2D eigenvalue weighted by molar-refractivity contribution is 5.82. The quantitative estimate of drug-likeness (QED) is 0.242. The number of likely N-dealkylation sites (N-methyl/N-ethyl adjacent to an activating group) is 1. The fourth-order valence-corrected chi connectivity index (χ4v) is 14.2. The summed E-state index contributed by atoms with van der Waals surface area (Å²) in [6.45, 7) is 23.0. The Labute approximate surface area is 335 Å². The van der Waals surface area contributed by atoms with Gasteiger partial charge in [-0.2, -0.15) is 5.10 Å². The third-order valence-electron chi connectivity index (χ3n) is 17.6. The Bertz CT molecular complexity index is 2020. The molecule has 0 spiro atoms. The molecule has 8 nitrogen and oxygen atoms in total. The van der Waals surface area contributed by atoms with Crippen LogP contribution >= 0.6 is 0 Å². The lowest BCUT2D eigenvalue weighted by molar-refractivity contribution is -0.181. The molecule has 1 saturated heterocycles. The third-order valence-corrected chi connectivity index (χ3v) is 17.6. The smallest absolute Gasteiger partial charge is 0.313 e. The van der Waals surface area contributed by atoms with Crippen molar-refractivity contribution in [2.45, 2.75) is 125 Å². The Hall–Kier alpha value is -3.36. The second-order valence-corrected chi connectivity index (χ2v) is 21.3. The van der Waals surface area contributed by atoms with Crippen molar-refractivity contribution >= 4 is 17.4 Å². The van der Waals surface area contributed by atoms with Crippen LogP contribution in [0, 0.1) is 44.8 Å². The molecule has 5 aliphatic carbocycles. The summed E-state index contributed by atoms with van der Waals surface area (Å²) in [6.07, 6.45) is 11.0.